The van der Waals surface area contributed by atoms with E-state index in [9.17, 15) is 13.2 Å². The summed E-state index contributed by atoms with van der Waals surface area (Å²) in [4.78, 5) is 11.0. The minimum Gasteiger partial charge on any atom is -0.426 e. The molecule has 0 spiro atoms. The van der Waals surface area contributed by atoms with Gasteiger partial charge in [0.15, 0.2) is 0 Å². The maximum atomic E-state index is 11.2. The number of esters is 1. The van der Waals surface area contributed by atoms with Gasteiger partial charge in [-0.05, 0) is 29.7 Å². The highest BCUT2D eigenvalue weighted by Gasteiger charge is 2.13. The topological polar surface area (TPSA) is 112 Å². The predicted molar refractivity (Wildman–Crippen MR) is 67.9 cm³/mol. The van der Waals surface area contributed by atoms with Crippen molar-refractivity contribution in [2.75, 3.05) is 6.54 Å². The Balaban J connectivity index is 2.43. The fourth-order valence-corrected chi connectivity index (χ4v) is 3.17. The number of primary sulfonamides is 1. The third-order valence-electron chi connectivity index (χ3n) is 2.14. The number of carbonyl (C=O) groups excluding carboxylic acids is 1. The Labute approximate surface area is 107 Å². The van der Waals surface area contributed by atoms with Crippen LogP contribution in [-0.2, 0) is 14.8 Å². The highest BCUT2D eigenvalue weighted by atomic mass is 32.2. The smallest absolute Gasteiger partial charge is 0.325 e. The highest BCUT2D eigenvalue weighted by molar-refractivity contribution is 7.91. The summed E-state index contributed by atoms with van der Waals surface area (Å²) in [6, 6.07) is 6.23. The largest absolute Gasteiger partial charge is 0.426 e. The Hall–Kier alpha value is -1.48. The highest BCUT2D eigenvalue weighted by Crippen LogP contribution is 2.30. The molecule has 1 aromatic carbocycles. The molecule has 0 atom stereocenters. The normalized spacial score (nSPS) is 11.7. The molecule has 1 heterocycles. The summed E-state index contributed by atoms with van der Waals surface area (Å²) >= 11 is 1.06. The van der Waals surface area contributed by atoms with Crippen molar-refractivity contribution in [2.45, 2.75) is 4.21 Å². The van der Waals surface area contributed by atoms with E-state index in [1.807, 2.05) is 0 Å². The number of ether oxygens (including phenoxy) is 1. The number of carbonyl (C=O) groups is 1. The molecule has 96 valence electrons. The van der Waals surface area contributed by atoms with Gasteiger partial charge in [-0.15, -0.1) is 11.3 Å². The average Bonchev–Trinajstić information content (AvgIpc) is 2.71. The van der Waals surface area contributed by atoms with Crippen LogP contribution in [0.15, 0.2) is 28.5 Å². The SMILES string of the molecule is NCC(=O)Oc1ccc2sc(S(N)(=O)=O)cc2c1. The number of thiophene rings is 1. The molecule has 0 unspecified atom stereocenters. The zero-order valence-electron chi connectivity index (χ0n) is 9.12. The zero-order chi connectivity index (χ0) is 13.3. The first-order valence-corrected chi connectivity index (χ1v) is 7.23. The molecule has 4 N–H and O–H groups in total. The van der Waals surface area contributed by atoms with Crippen LogP contribution < -0.4 is 15.6 Å². The first kappa shape index (κ1) is 13.0. The van der Waals surface area contributed by atoms with E-state index in [-0.39, 0.29) is 10.8 Å². The summed E-state index contributed by atoms with van der Waals surface area (Å²) in [7, 11) is -3.71. The average molecular weight is 286 g/mol. The van der Waals surface area contributed by atoms with Gasteiger partial charge in [0.05, 0.1) is 6.54 Å². The Kier molecular flexibility index (Phi) is 3.35. The Morgan fingerprint density at radius 3 is 2.67 bits per heavy atom. The lowest BCUT2D eigenvalue weighted by molar-refractivity contribution is -0.132. The van der Waals surface area contributed by atoms with E-state index in [1.54, 1.807) is 18.2 Å². The summed E-state index contributed by atoms with van der Waals surface area (Å²) in [5, 5.41) is 5.69. The first-order chi connectivity index (χ1) is 8.40. The molecule has 0 aliphatic carbocycles. The van der Waals surface area contributed by atoms with Gasteiger partial charge in [-0.1, -0.05) is 0 Å². The molecule has 0 aliphatic heterocycles. The summed E-state index contributed by atoms with van der Waals surface area (Å²) in [5.74, 6) is -0.243. The van der Waals surface area contributed by atoms with E-state index in [0.29, 0.717) is 11.1 Å². The fraction of sp³-hybridized carbons (Fsp3) is 0.100. The quantitative estimate of drug-likeness (QED) is 0.627. The molecule has 2 aromatic rings. The summed E-state index contributed by atoms with van der Waals surface area (Å²) in [6.45, 7) is -0.218. The van der Waals surface area contributed by atoms with Crippen LogP contribution in [0.1, 0.15) is 0 Å². The van der Waals surface area contributed by atoms with Crippen LogP contribution in [0.25, 0.3) is 10.1 Å². The number of fused-ring (bicyclic) bond motifs is 1. The van der Waals surface area contributed by atoms with Crippen LogP contribution in [-0.4, -0.2) is 20.9 Å². The molecular weight excluding hydrogens is 276 g/mol. The van der Waals surface area contributed by atoms with Crippen LogP contribution in [0.5, 0.6) is 5.75 Å². The second kappa shape index (κ2) is 4.65. The molecule has 0 fully saturated rings. The Morgan fingerprint density at radius 2 is 2.06 bits per heavy atom. The van der Waals surface area contributed by atoms with Gasteiger partial charge in [0.1, 0.15) is 9.96 Å². The van der Waals surface area contributed by atoms with Crippen LogP contribution in [0.3, 0.4) is 0 Å². The van der Waals surface area contributed by atoms with Crippen molar-refractivity contribution in [3.63, 3.8) is 0 Å². The number of rotatable bonds is 3. The Morgan fingerprint density at radius 1 is 1.33 bits per heavy atom. The molecule has 0 aliphatic rings. The van der Waals surface area contributed by atoms with Crippen molar-refractivity contribution >= 4 is 37.4 Å². The molecule has 6 nitrogen and oxygen atoms in total. The third-order valence-corrected chi connectivity index (χ3v) is 4.68. The Bertz CT molecular complexity index is 706. The van der Waals surface area contributed by atoms with Crippen molar-refractivity contribution in [1.82, 2.24) is 0 Å². The maximum absolute atomic E-state index is 11.2. The molecular formula is C10H10N2O4S2. The molecule has 0 saturated carbocycles. The zero-order valence-corrected chi connectivity index (χ0v) is 10.8. The standard InChI is InChI=1S/C10H10N2O4S2/c11-5-9(13)16-7-1-2-8-6(3-7)4-10(17-8)18(12,14)15/h1-4H,5,11H2,(H2,12,14,15). The lowest BCUT2D eigenvalue weighted by Gasteiger charge is -2.01. The lowest BCUT2D eigenvalue weighted by atomic mass is 10.2. The number of hydrogen-bond acceptors (Lipinski definition) is 6. The van der Waals surface area contributed by atoms with Crippen LogP contribution in [0.2, 0.25) is 0 Å². The van der Waals surface area contributed by atoms with Gasteiger partial charge in [0.2, 0.25) is 10.0 Å². The summed E-state index contributed by atoms with van der Waals surface area (Å²) in [5.41, 5.74) is 5.13. The van der Waals surface area contributed by atoms with E-state index in [2.05, 4.69) is 0 Å². The number of sulfonamides is 1. The van der Waals surface area contributed by atoms with Crippen molar-refractivity contribution in [3.05, 3.63) is 24.3 Å². The summed E-state index contributed by atoms with van der Waals surface area (Å²) < 4.78 is 28.1. The van der Waals surface area contributed by atoms with Gasteiger partial charge in [-0.25, -0.2) is 13.6 Å². The predicted octanol–water partition coefficient (Wildman–Crippen LogP) is 0.413. The maximum Gasteiger partial charge on any atom is 0.325 e. The van der Waals surface area contributed by atoms with Crippen LogP contribution >= 0.6 is 11.3 Å². The van der Waals surface area contributed by atoms with Gasteiger partial charge < -0.3 is 10.5 Å². The molecule has 0 amide bonds. The van der Waals surface area contributed by atoms with Gasteiger partial charge in [-0.2, -0.15) is 0 Å². The van der Waals surface area contributed by atoms with Crippen molar-refractivity contribution in [3.8, 4) is 5.75 Å². The molecule has 0 saturated heterocycles. The lowest BCUT2D eigenvalue weighted by Crippen LogP contribution is -2.19. The molecule has 18 heavy (non-hydrogen) atoms. The monoisotopic (exact) mass is 286 g/mol. The number of nitrogens with two attached hydrogens (primary N) is 2. The van der Waals surface area contributed by atoms with Crippen LogP contribution in [0.4, 0.5) is 0 Å². The molecule has 1 aromatic heterocycles. The minimum atomic E-state index is -3.71. The number of benzene rings is 1. The van der Waals surface area contributed by atoms with E-state index < -0.39 is 16.0 Å². The minimum absolute atomic E-state index is 0.0693. The second-order valence-electron chi connectivity index (χ2n) is 3.49. The number of hydrogen-bond donors (Lipinski definition) is 2. The third kappa shape index (κ3) is 2.67. The molecule has 0 bridgehead atoms. The molecule has 0 radical (unpaired) electrons. The van der Waals surface area contributed by atoms with Gasteiger partial charge in [0.25, 0.3) is 0 Å². The molecule has 8 heteroatoms. The van der Waals surface area contributed by atoms with E-state index in [0.717, 1.165) is 16.0 Å². The van der Waals surface area contributed by atoms with E-state index in [1.165, 1.54) is 6.07 Å². The fourth-order valence-electron chi connectivity index (χ4n) is 1.37. The molecule has 2 rings (SSSR count). The van der Waals surface area contributed by atoms with Crippen molar-refractivity contribution in [2.24, 2.45) is 10.9 Å². The van der Waals surface area contributed by atoms with Gasteiger partial charge >= 0.3 is 5.97 Å². The van der Waals surface area contributed by atoms with E-state index in [4.69, 9.17) is 15.6 Å². The summed E-state index contributed by atoms with van der Waals surface area (Å²) in [6.07, 6.45) is 0. The van der Waals surface area contributed by atoms with E-state index >= 15 is 0 Å². The van der Waals surface area contributed by atoms with Crippen LogP contribution in [0, 0.1) is 0 Å². The van der Waals surface area contributed by atoms with Gasteiger partial charge in [-0.3, -0.25) is 4.79 Å². The second-order valence-corrected chi connectivity index (χ2v) is 6.36. The van der Waals surface area contributed by atoms with Gasteiger partial charge in [0, 0.05) is 4.70 Å². The van der Waals surface area contributed by atoms with Crippen molar-refractivity contribution < 1.29 is 17.9 Å². The van der Waals surface area contributed by atoms with Crippen molar-refractivity contribution in [1.29, 1.82) is 0 Å². The first-order valence-electron chi connectivity index (χ1n) is 4.87.